The van der Waals surface area contributed by atoms with Crippen molar-refractivity contribution >= 4 is 33.4 Å². The van der Waals surface area contributed by atoms with Crippen molar-refractivity contribution in [1.82, 2.24) is 20.2 Å². The highest BCUT2D eigenvalue weighted by atomic mass is 16.3. The van der Waals surface area contributed by atoms with E-state index in [9.17, 15) is 4.79 Å². The van der Waals surface area contributed by atoms with Gasteiger partial charge in [0.15, 0.2) is 0 Å². The summed E-state index contributed by atoms with van der Waals surface area (Å²) >= 11 is 0. The van der Waals surface area contributed by atoms with Crippen molar-refractivity contribution in [2.75, 3.05) is 5.32 Å². The molecule has 0 radical (unpaired) electrons. The second-order valence-corrected chi connectivity index (χ2v) is 9.96. The van der Waals surface area contributed by atoms with Crippen LogP contribution >= 0.6 is 0 Å². The van der Waals surface area contributed by atoms with Gasteiger partial charge in [-0.3, -0.25) is 14.9 Å². The quantitative estimate of drug-likeness (QED) is 0.255. The van der Waals surface area contributed by atoms with Crippen LogP contribution < -0.4 is 5.32 Å². The van der Waals surface area contributed by atoms with Gasteiger partial charge in [-0.15, -0.1) is 0 Å². The highest BCUT2D eigenvalue weighted by molar-refractivity contribution is 6.02. The summed E-state index contributed by atoms with van der Waals surface area (Å²) in [4.78, 5) is 20.3. The Morgan fingerprint density at radius 3 is 2.61 bits per heavy atom. The molecule has 7 heteroatoms. The van der Waals surface area contributed by atoms with Crippen LogP contribution in [0.1, 0.15) is 20.8 Å². The van der Waals surface area contributed by atoms with Crippen molar-refractivity contribution in [2.24, 2.45) is 5.41 Å². The van der Waals surface area contributed by atoms with Gasteiger partial charge in [0.05, 0.1) is 35.6 Å². The Hall–Kier alpha value is -4.65. The van der Waals surface area contributed by atoms with Gasteiger partial charge in [0.2, 0.25) is 5.91 Å². The van der Waals surface area contributed by atoms with Gasteiger partial charge in [0, 0.05) is 39.0 Å². The molecule has 0 aliphatic rings. The summed E-state index contributed by atoms with van der Waals surface area (Å²) < 4.78 is 5.30. The first kappa shape index (κ1) is 21.9. The predicted molar refractivity (Wildman–Crippen MR) is 142 cm³/mol. The van der Waals surface area contributed by atoms with Crippen LogP contribution in [-0.4, -0.2) is 26.1 Å². The number of carbonyl (C=O) groups excluding carboxylic acids is 1. The van der Waals surface area contributed by atoms with Crippen LogP contribution in [0.3, 0.4) is 0 Å². The average Bonchev–Trinajstić information content (AvgIpc) is 3.62. The van der Waals surface area contributed by atoms with E-state index >= 15 is 0 Å². The van der Waals surface area contributed by atoms with Crippen LogP contribution in [0.15, 0.2) is 83.9 Å². The topological polar surface area (TPSA) is 99.6 Å². The Labute approximate surface area is 207 Å². The van der Waals surface area contributed by atoms with Crippen molar-refractivity contribution < 1.29 is 9.21 Å². The zero-order valence-electron chi connectivity index (χ0n) is 20.2. The molecule has 3 N–H and O–H groups in total. The van der Waals surface area contributed by atoms with Gasteiger partial charge in [-0.25, -0.2) is 0 Å². The number of nitrogens with one attached hydrogen (secondary N) is 3. The van der Waals surface area contributed by atoms with E-state index in [2.05, 4.69) is 49.7 Å². The molecule has 0 bridgehead atoms. The second kappa shape index (κ2) is 8.23. The molecule has 0 saturated heterocycles. The number of aromatic amines is 2. The Morgan fingerprint density at radius 1 is 0.917 bits per heavy atom. The van der Waals surface area contributed by atoms with E-state index in [0.717, 1.165) is 55.4 Å². The van der Waals surface area contributed by atoms with Gasteiger partial charge in [-0.2, -0.15) is 5.10 Å². The monoisotopic (exact) mass is 475 g/mol. The molecule has 4 heterocycles. The Bertz CT molecular complexity index is 1720. The summed E-state index contributed by atoms with van der Waals surface area (Å²) in [6.45, 7) is 5.66. The number of hydrogen-bond acceptors (Lipinski definition) is 4. The lowest BCUT2D eigenvalue weighted by atomic mass is 9.95. The van der Waals surface area contributed by atoms with Crippen molar-refractivity contribution in [1.29, 1.82) is 0 Å². The highest BCUT2D eigenvalue weighted by Crippen LogP contribution is 2.35. The first-order valence-corrected chi connectivity index (χ1v) is 11.8. The van der Waals surface area contributed by atoms with E-state index in [1.165, 1.54) is 0 Å². The zero-order chi connectivity index (χ0) is 24.9. The molecule has 0 unspecified atom stereocenters. The Balaban J connectivity index is 1.40. The van der Waals surface area contributed by atoms with E-state index in [0.29, 0.717) is 5.69 Å². The third kappa shape index (κ3) is 3.84. The van der Waals surface area contributed by atoms with Gasteiger partial charge in [0.1, 0.15) is 5.69 Å². The number of nitrogens with zero attached hydrogens (tertiary/aromatic N) is 2. The maximum Gasteiger partial charge on any atom is 0.229 e. The zero-order valence-corrected chi connectivity index (χ0v) is 20.2. The molecule has 7 nitrogen and oxygen atoms in total. The van der Waals surface area contributed by atoms with Crippen molar-refractivity contribution in [3.05, 3.63) is 79.5 Å². The van der Waals surface area contributed by atoms with Crippen molar-refractivity contribution in [3.63, 3.8) is 0 Å². The standard InChI is InChI=1S/C29H25N5O2/c1-29(2,3)28(35)31-20-11-19(14-30-15-20)17-7-8-25-23(12-17)27(34-33-25)26-13-22-21(18-9-10-36-16-18)5-4-6-24(22)32-26/h4-16,32H,1-3H3,(H,31,35)(H,33,34). The fourth-order valence-corrected chi connectivity index (χ4v) is 4.34. The highest BCUT2D eigenvalue weighted by Gasteiger charge is 2.21. The summed E-state index contributed by atoms with van der Waals surface area (Å²) in [7, 11) is 0. The van der Waals surface area contributed by atoms with E-state index in [1.54, 1.807) is 24.9 Å². The Kier molecular flexibility index (Phi) is 5.00. The minimum atomic E-state index is -0.488. The number of hydrogen-bond donors (Lipinski definition) is 3. The number of carbonyl (C=O) groups is 1. The largest absolute Gasteiger partial charge is 0.472 e. The first-order chi connectivity index (χ1) is 17.4. The molecule has 0 atom stereocenters. The van der Waals surface area contributed by atoms with Gasteiger partial charge in [-0.05, 0) is 47.5 Å². The normalized spacial score (nSPS) is 11.9. The van der Waals surface area contributed by atoms with E-state index in [4.69, 9.17) is 4.42 Å². The summed E-state index contributed by atoms with van der Waals surface area (Å²) in [5.74, 6) is -0.0531. The van der Waals surface area contributed by atoms with Gasteiger partial charge in [0.25, 0.3) is 0 Å². The summed E-state index contributed by atoms with van der Waals surface area (Å²) in [6, 6.07) is 18.4. The number of rotatable bonds is 4. The molecular weight excluding hydrogens is 450 g/mol. The smallest absolute Gasteiger partial charge is 0.229 e. The number of amides is 1. The molecule has 4 aromatic heterocycles. The molecule has 0 fully saturated rings. The number of anilines is 1. The minimum absolute atomic E-state index is 0.0531. The maximum atomic E-state index is 12.4. The van der Waals surface area contributed by atoms with Crippen LogP contribution in [0, 0.1) is 5.41 Å². The van der Waals surface area contributed by atoms with Crippen molar-refractivity contribution in [3.8, 4) is 33.6 Å². The molecule has 0 aliphatic heterocycles. The summed E-state index contributed by atoms with van der Waals surface area (Å²) in [5, 5.41) is 12.8. The fraction of sp³-hybridized carbons (Fsp3) is 0.138. The molecule has 0 aliphatic carbocycles. The molecule has 1 amide bonds. The summed E-state index contributed by atoms with van der Waals surface area (Å²) in [5.41, 5.74) is 7.94. The van der Waals surface area contributed by atoms with Crippen LogP contribution in [0.2, 0.25) is 0 Å². The molecule has 36 heavy (non-hydrogen) atoms. The molecule has 2 aromatic carbocycles. The molecule has 178 valence electrons. The number of fused-ring (bicyclic) bond motifs is 2. The van der Waals surface area contributed by atoms with Crippen LogP contribution in [0.5, 0.6) is 0 Å². The molecular formula is C29H25N5O2. The fourth-order valence-electron chi connectivity index (χ4n) is 4.34. The van der Waals surface area contributed by atoms with Crippen molar-refractivity contribution in [2.45, 2.75) is 20.8 Å². The van der Waals surface area contributed by atoms with Crippen LogP contribution in [0.25, 0.3) is 55.4 Å². The van der Waals surface area contributed by atoms with Crippen LogP contribution in [-0.2, 0) is 4.79 Å². The maximum absolute atomic E-state index is 12.4. The van der Waals surface area contributed by atoms with Gasteiger partial charge >= 0.3 is 0 Å². The van der Waals surface area contributed by atoms with Crippen LogP contribution in [0.4, 0.5) is 5.69 Å². The number of pyridine rings is 1. The lowest BCUT2D eigenvalue weighted by Gasteiger charge is -2.17. The van der Waals surface area contributed by atoms with E-state index in [1.807, 2.05) is 51.1 Å². The minimum Gasteiger partial charge on any atom is -0.472 e. The average molecular weight is 476 g/mol. The second-order valence-electron chi connectivity index (χ2n) is 9.96. The lowest BCUT2D eigenvalue weighted by Crippen LogP contribution is -2.27. The lowest BCUT2D eigenvalue weighted by molar-refractivity contribution is -0.123. The molecule has 0 spiro atoms. The number of benzene rings is 2. The Morgan fingerprint density at radius 2 is 1.81 bits per heavy atom. The molecule has 6 aromatic rings. The van der Waals surface area contributed by atoms with Gasteiger partial charge in [-0.1, -0.05) is 39.0 Å². The molecule has 0 saturated carbocycles. The number of H-pyrrole nitrogens is 2. The SMILES string of the molecule is CC(C)(C)C(=O)Nc1cncc(-c2ccc3[nH]nc(-c4cc5c(-c6ccoc6)cccc5[nH]4)c3c2)c1. The summed E-state index contributed by atoms with van der Waals surface area (Å²) in [6.07, 6.45) is 6.90. The third-order valence-corrected chi connectivity index (χ3v) is 6.32. The number of aromatic nitrogens is 4. The molecule has 6 rings (SSSR count). The first-order valence-electron chi connectivity index (χ1n) is 11.8. The predicted octanol–water partition coefficient (Wildman–Crippen LogP) is 7.02. The number of furan rings is 1. The van der Waals surface area contributed by atoms with Gasteiger partial charge < -0.3 is 14.7 Å². The third-order valence-electron chi connectivity index (χ3n) is 6.32. The van der Waals surface area contributed by atoms with E-state index < -0.39 is 5.41 Å². The van der Waals surface area contributed by atoms with E-state index in [-0.39, 0.29) is 5.91 Å².